The van der Waals surface area contributed by atoms with Gasteiger partial charge in [0.15, 0.2) is 0 Å². The molecular formula is C11H23O2P. The molecule has 0 aromatic heterocycles. The lowest BCUT2D eigenvalue weighted by Crippen LogP contribution is -2.48. The van der Waals surface area contributed by atoms with E-state index in [0.29, 0.717) is 0 Å². The summed E-state index contributed by atoms with van der Waals surface area (Å²) >= 11 is 0. The minimum atomic E-state index is -1.83. The summed E-state index contributed by atoms with van der Waals surface area (Å²) in [4.78, 5) is 0. The summed E-state index contributed by atoms with van der Waals surface area (Å²) in [5, 5.41) is 0. The SMILES string of the molecule is COC1(C(C)(C)C)CCP(C)(=O)CC1. The third kappa shape index (κ3) is 2.23. The van der Waals surface area contributed by atoms with Gasteiger partial charge < -0.3 is 9.30 Å². The van der Waals surface area contributed by atoms with Crippen LogP contribution in [0.4, 0.5) is 0 Å². The molecule has 0 atom stereocenters. The van der Waals surface area contributed by atoms with Gasteiger partial charge in [-0.3, -0.25) is 0 Å². The predicted molar refractivity (Wildman–Crippen MR) is 61.7 cm³/mol. The van der Waals surface area contributed by atoms with Crippen molar-refractivity contribution in [2.45, 2.75) is 39.2 Å². The normalized spacial score (nSPS) is 39.8. The van der Waals surface area contributed by atoms with E-state index < -0.39 is 7.14 Å². The van der Waals surface area contributed by atoms with Crippen LogP contribution in [0.1, 0.15) is 33.6 Å². The topological polar surface area (TPSA) is 26.3 Å². The number of methoxy groups -OCH3 is 1. The second-order valence-electron chi connectivity index (χ2n) is 5.69. The zero-order valence-corrected chi connectivity index (χ0v) is 11.0. The van der Waals surface area contributed by atoms with Gasteiger partial charge in [-0.25, -0.2) is 0 Å². The highest BCUT2D eigenvalue weighted by Crippen LogP contribution is 2.54. The van der Waals surface area contributed by atoms with Crippen LogP contribution in [-0.4, -0.2) is 31.7 Å². The van der Waals surface area contributed by atoms with Crippen molar-refractivity contribution in [3.05, 3.63) is 0 Å². The Bertz CT molecular complexity index is 241. The molecule has 84 valence electrons. The van der Waals surface area contributed by atoms with E-state index in [1.54, 1.807) is 7.11 Å². The van der Waals surface area contributed by atoms with Crippen molar-refractivity contribution in [1.29, 1.82) is 0 Å². The van der Waals surface area contributed by atoms with Crippen molar-refractivity contribution < 1.29 is 9.30 Å². The fourth-order valence-corrected chi connectivity index (χ4v) is 4.22. The fourth-order valence-electron chi connectivity index (χ4n) is 2.33. The first-order valence-corrected chi connectivity index (χ1v) is 7.86. The average Bonchev–Trinajstić information content (AvgIpc) is 2.03. The van der Waals surface area contributed by atoms with Gasteiger partial charge in [0.05, 0.1) is 12.7 Å². The van der Waals surface area contributed by atoms with Crippen molar-refractivity contribution in [3.63, 3.8) is 0 Å². The van der Waals surface area contributed by atoms with Gasteiger partial charge in [-0.05, 0) is 24.9 Å². The van der Waals surface area contributed by atoms with E-state index in [4.69, 9.17) is 4.74 Å². The lowest BCUT2D eigenvalue weighted by Gasteiger charge is -2.47. The standard InChI is InChI=1S/C11H23O2P/c1-10(2,3)11(13-4)6-8-14(5,12)9-7-11/h6-9H2,1-5H3. The third-order valence-electron chi connectivity index (χ3n) is 3.73. The molecule has 14 heavy (non-hydrogen) atoms. The van der Waals surface area contributed by atoms with Crippen LogP contribution >= 0.6 is 7.14 Å². The molecule has 0 unspecified atom stereocenters. The van der Waals surface area contributed by atoms with E-state index in [2.05, 4.69) is 20.8 Å². The van der Waals surface area contributed by atoms with Gasteiger partial charge in [0.1, 0.15) is 0 Å². The zero-order valence-electron chi connectivity index (χ0n) is 10.1. The molecule has 3 heteroatoms. The first-order valence-electron chi connectivity index (χ1n) is 5.33. The molecule has 1 heterocycles. The minimum absolute atomic E-state index is 0.0586. The van der Waals surface area contributed by atoms with Crippen molar-refractivity contribution in [1.82, 2.24) is 0 Å². The molecule has 0 aromatic rings. The average molecular weight is 218 g/mol. The van der Waals surface area contributed by atoms with Crippen molar-refractivity contribution in [2.75, 3.05) is 26.1 Å². The molecule has 0 aliphatic carbocycles. The summed E-state index contributed by atoms with van der Waals surface area (Å²) in [5.74, 6) is 0. The molecule has 0 N–H and O–H groups in total. The van der Waals surface area contributed by atoms with E-state index in [9.17, 15) is 4.57 Å². The Labute approximate surface area is 87.8 Å². The van der Waals surface area contributed by atoms with Gasteiger partial charge >= 0.3 is 0 Å². The maximum Gasteiger partial charge on any atom is 0.0850 e. The first-order chi connectivity index (χ1) is 6.22. The smallest absolute Gasteiger partial charge is 0.0850 e. The van der Waals surface area contributed by atoms with E-state index in [-0.39, 0.29) is 11.0 Å². The van der Waals surface area contributed by atoms with Crippen molar-refractivity contribution in [3.8, 4) is 0 Å². The quantitative estimate of drug-likeness (QED) is 0.632. The van der Waals surface area contributed by atoms with Gasteiger partial charge in [0, 0.05) is 19.4 Å². The van der Waals surface area contributed by atoms with E-state index in [1.165, 1.54) is 0 Å². The Kier molecular flexibility index (Phi) is 3.19. The molecule has 1 aliphatic heterocycles. The summed E-state index contributed by atoms with van der Waals surface area (Å²) in [6.45, 7) is 8.56. The Hall–Kier alpha value is 0.190. The van der Waals surface area contributed by atoms with Gasteiger partial charge in [-0.15, -0.1) is 0 Å². The molecule has 1 fully saturated rings. The maximum absolute atomic E-state index is 11.9. The number of hydrogen-bond acceptors (Lipinski definition) is 2. The Morgan fingerprint density at radius 2 is 1.64 bits per heavy atom. The number of hydrogen-bond donors (Lipinski definition) is 0. The van der Waals surface area contributed by atoms with Crippen molar-refractivity contribution in [2.24, 2.45) is 5.41 Å². The predicted octanol–water partition coefficient (Wildman–Crippen LogP) is 3.20. The summed E-state index contributed by atoms with van der Waals surface area (Å²) in [6.07, 6.45) is 3.58. The van der Waals surface area contributed by atoms with Crippen LogP contribution in [0.5, 0.6) is 0 Å². The van der Waals surface area contributed by atoms with Crippen LogP contribution in [0.2, 0.25) is 0 Å². The molecule has 2 nitrogen and oxygen atoms in total. The van der Waals surface area contributed by atoms with E-state index in [1.807, 2.05) is 6.66 Å². The lowest BCUT2D eigenvalue weighted by molar-refractivity contribution is -0.0984. The van der Waals surface area contributed by atoms with Crippen LogP contribution < -0.4 is 0 Å². The Morgan fingerprint density at radius 1 is 1.21 bits per heavy atom. The molecule has 1 saturated heterocycles. The van der Waals surface area contributed by atoms with Crippen LogP contribution in [-0.2, 0) is 9.30 Å². The molecular weight excluding hydrogens is 195 g/mol. The Morgan fingerprint density at radius 3 is 1.93 bits per heavy atom. The highest BCUT2D eigenvalue weighted by Gasteiger charge is 2.46. The molecule has 0 saturated carbocycles. The molecule has 1 rings (SSSR count). The van der Waals surface area contributed by atoms with Gasteiger partial charge in [-0.1, -0.05) is 20.8 Å². The first kappa shape index (κ1) is 12.3. The Balaban J connectivity index is 2.82. The molecule has 1 aliphatic rings. The van der Waals surface area contributed by atoms with Crippen LogP contribution in [0.15, 0.2) is 0 Å². The second-order valence-corrected chi connectivity index (χ2v) is 9.18. The second kappa shape index (κ2) is 3.64. The summed E-state index contributed by atoms with van der Waals surface area (Å²) in [7, 11) is -0.0404. The fraction of sp³-hybridized carbons (Fsp3) is 1.00. The number of ether oxygens (including phenoxy) is 1. The zero-order chi connectivity index (χ0) is 11.0. The van der Waals surface area contributed by atoms with Gasteiger partial charge in [0.2, 0.25) is 0 Å². The van der Waals surface area contributed by atoms with Crippen molar-refractivity contribution >= 4 is 7.14 Å². The molecule has 0 spiro atoms. The monoisotopic (exact) mass is 218 g/mol. The van der Waals surface area contributed by atoms with E-state index >= 15 is 0 Å². The van der Waals surface area contributed by atoms with Gasteiger partial charge in [-0.2, -0.15) is 0 Å². The van der Waals surface area contributed by atoms with Crippen LogP contribution in [0, 0.1) is 5.41 Å². The molecule has 0 bridgehead atoms. The molecule has 0 aromatic carbocycles. The summed E-state index contributed by atoms with van der Waals surface area (Å²) < 4.78 is 17.6. The maximum atomic E-state index is 11.9. The largest absolute Gasteiger partial charge is 0.378 e. The van der Waals surface area contributed by atoms with E-state index in [0.717, 1.165) is 25.2 Å². The summed E-state index contributed by atoms with van der Waals surface area (Å²) in [5.41, 5.74) is 0.0824. The van der Waals surface area contributed by atoms with Crippen LogP contribution in [0.3, 0.4) is 0 Å². The highest BCUT2D eigenvalue weighted by atomic mass is 31.2. The van der Waals surface area contributed by atoms with Gasteiger partial charge in [0.25, 0.3) is 0 Å². The molecule has 0 radical (unpaired) electrons. The van der Waals surface area contributed by atoms with Crippen LogP contribution in [0.25, 0.3) is 0 Å². The summed E-state index contributed by atoms with van der Waals surface area (Å²) in [6, 6.07) is 0. The highest BCUT2D eigenvalue weighted by molar-refractivity contribution is 7.63. The number of rotatable bonds is 1. The molecule has 0 amide bonds. The third-order valence-corrected chi connectivity index (χ3v) is 6.07. The lowest BCUT2D eigenvalue weighted by atomic mass is 9.72. The minimum Gasteiger partial charge on any atom is -0.378 e.